The topological polar surface area (TPSA) is 90.9 Å². The first-order chi connectivity index (χ1) is 27.6. The molecule has 8 nitrogen and oxygen atoms in total. The minimum Gasteiger partial charge on any atom is -0.350 e. The van der Waals surface area contributed by atoms with Crippen LogP contribution in [0.4, 0.5) is 40.3 Å². The summed E-state index contributed by atoms with van der Waals surface area (Å²) in [6.45, 7) is 6.34. The minimum atomic E-state index is -0.676. The molecular weight excluding hydrogens is 809 g/mol. The summed E-state index contributed by atoms with van der Waals surface area (Å²) in [5.74, 6) is -2.62. The normalized spacial score (nSPS) is 17.5. The summed E-state index contributed by atoms with van der Waals surface area (Å²) in [6, 6.07) is 10.8. The fourth-order valence-electron chi connectivity index (χ4n) is 7.21. The maximum absolute atomic E-state index is 14.9. The Morgan fingerprint density at radius 3 is 1.77 bits per heavy atom. The van der Waals surface area contributed by atoms with E-state index < -0.39 is 23.3 Å². The molecule has 0 radical (unpaired) electrons. The first-order valence-electron chi connectivity index (χ1n) is 18.2. The van der Waals surface area contributed by atoms with E-state index >= 15 is 0 Å². The van der Waals surface area contributed by atoms with Gasteiger partial charge in [0, 0.05) is 51.5 Å². The molecule has 10 rings (SSSR count). The van der Waals surface area contributed by atoms with E-state index in [9.17, 15) is 17.6 Å². The summed E-state index contributed by atoms with van der Waals surface area (Å²) >= 11 is 5.62. The number of hydrogen-bond acceptors (Lipinski definition) is 12. The predicted octanol–water partition coefficient (Wildman–Crippen LogP) is 11.7. The van der Waals surface area contributed by atoms with Gasteiger partial charge in [0.1, 0.15) is 32.1 Å². The van der Waals surface area contributed by atoms with Crippen LogP contribution in [0.15, 0.2) is 72.0 Å². The van der Waals surface area contributed by atoms with E-state index in [2.05, 4.69) is 79.9 Å². The van der Waals surface area contributed by atoms with E-state index in [-0.39, 0.29) is 28.5 Å². The van der Waals surface area contributed by atoms with Crippen molar-refractivity contribution in [3.05, 3.63) is 105 Å². The van der Waals surface area contributed by atoms with E-state index in [1.807, 2.05) is 6.07 Å². The minimum absolute atomic E-state index is 0.178. The molecule has 2 aliphatic heterocycles. The predicted molar refractivity (Wildman–Crippen MR) is 230 cm³/mol. The fourth-order valence-corrected chi connectivity index (χ4v) is 10.9. The highest BCUT2D eigenvalue weighted by molar-refractivity contribution is 7.20. The van der Waals surface area contributed by atoms with Crippen molar-refractivity contribution >= 4 is 120 Å². The van der Waals surface area contributed by atoms with Gasteiger partial charge < -0.3 is 16.0 Å². The summed E-state index contributed by atoms with van der Waals surface area (Å²) in [5.41, 5.74) is 6.77. The number of anilines is 4. The molecule has 0 amide bonds. The lowest BCUT2D eigenvalue weighted by molar-refractivity contribution is 0.300. The smallest absolute Gasteiger partial charge is 0.176 e. The second kappa shape index (κ2) is 15.5. The maximum atomic E-state index is 14.9. The molecule has 0 spiro atoms. The van der Waals surface area contributed by atoms with E-state index in [1.165, 1.54) is 57.0 Å². The van der Waals surface area contributed by atoms with Crippen molar-refractivity contribution in [3.8, 4) is 0 Å². The number of nitrogens with one attached hydrogen (secondary N) is 3. The summed E-state index contributed by atoms with van der Waals surface area (Å²) in [5, 5.41) is 11.0. The molecule has 2 aliphatic rings. The van der Waals surface area contributed by atoms with Gasteiger partial charge in [0.15, 0.2) is 23.3 Å². The van der Waals surface area contributed by atoms with E-state index in [0.29, 0.717) is 26.8 Å². The van der Waals surface area contributed by atoms with Crippen molar-refractivity contribution in [2.24, 2.45) is 0 Å². The van der Waals surface area contributed by atoms with Gasteiger partial charge in [0.05, 0.1) is 31.8 Å². The lowest BCUT2D eigenvalue weighted by Crippen LogP contribution is -2.33. The molecule has 0 saturated carbocycles. The third kappa shape index (κ3) is 7.08. The van der Waals surface area contributed by atoms with E-state index in [4.69, 9.17) is 0 Å². The van der Waals surface area contributed by atoms with Crippen molar-refractivity contribution < 1.29 is 17.6 Å². The Balaban J connectivity index is 0.000000148. The molecule has 57 heavy (non-hydrogen) atoms. The van der Waals surface area contributed by atoms with Crippen LogP contribution in [0.1, 0.15) is 36.4 Å². The summed E-state index contributed by atoms with van der Waals surface area (Å²) in [4.78, 5) is 23.2. The van der Waals surface area contributed by atoms with Crippen molar-refractivity contribution in [2.75, 3.05) is 30.8 Å². The van der Waals surface area contributed by atoms with Crippen LogP contribution in [0.2, 0.25) is 0 Å². The van der Waals surface area contributed by atoms with Gasteiger partial charge in [-0.1, -0.05) is 12.2 Å². The van der Waals surface area contributed by atoms with Gasteiger partial charge >= 0.3 is 0 Å². The Hall–Kier alpha value is -4.84. The van der Waals surface area contributed by atoms with Crippen LogP contribution < -0.4 is 16.0 Å². The number of thiophene rings is 2. The fraction of sp³-hybridized carbons (Fsp3) is 0.220. The van der Waals surface area contributed by atoms with Crippen molar-refractivity contribution in [1.29, 1.82) is 0 Å². The Kier molecular flexibility index (Phi) is 10.3. The van der Waals surface area contributed by atoms with Crippen LogP contribution in [0, 0.1) is 23.3 Å². The van der Waals surface area contributed by atoms with Gasteiger partial charge in [0.2, 0.25) is 0 Å². The molecular formula is C41H34F4N8S4. The first-order valence-corrected chi connectivity index (χ1v) is 21.6. The van der Waals surface area contributed by atoms with Crippen LogP contribution in [-0.4, -0.2) is 57.1 Å². The summed E-state index contributed by atoms with van der Waals surface area (Å²) in [6.07, 6.45) is 9.82. The quantitative estimate of drug-likeness (QED) is 0.143. The molecule has 0 unspecified atom stereocenters. The van der Waals surface area contributed by atoms with Crippen LogP contribution in [0.25, 0.3) is 52.0 Å². The highest BCUT2D eigenvalue weighted by Crippen LogP contribution is 2.41. The zero-order valence-corrected chi connectivity index (χ0v) is 34.1. The molecule has 16 heteroatoms. The van der Waals surface area contributed by atoms with Crippen molar-refractivity contribution in [2.45, 2.75) is 38.8 Å². The standard InChI is InChI=1S/C21H18F2N4S2.C20H16F2N4S2/c1-11-12(4-3-7-27(11)2)16-8-13-15(5-6-24-21(13)29-16)26-19-14(22)9-17-20(18(19)23)25-10-28-17;1-10-11(3-2-5-23-10)15-7-12-14(4-6-24-20(12)28-15)26-18-13(21)8-16-19(17(18)22)25-9-27-16/h4-6,8-11H,3,7H2,1-2H3,(H,24,26);3-4,6-10,23H,2,5H2,1H3,(H,24,26)/t11-;10-/m11/s1. The summed E-state index contributed by atoms with van der Waals surface area (Å²) < 4.78 is 59.8. The Morgan fingerprint density at radius 1 is 0.702 bits per heavy atom. The third-order valence-corrected chi connectivity index (χ3v) is 14.1. The van der Waals surface area contributed by atoms with Crippen molar-refractivity contribution in [3.63, 3.8) is 0 Å². The zero-order valence-electron chi connectivity index (χ0n) is 30.8. The number of rotatable bonds is 6. The van der Waals surface area contributed by atoms with Crippen LogP contribution in [-0.2, 0) is 0 Å². The number of aromatic nitrogens is 4. The monoisotopic (exact) mass is 842 g/mol. The van der Waals surface area contributed by atoms with Gasteiger partial charge in [-0.3, -0.25) is 4.90 Å². The average molecular weight is 843 g/mol. The molecule has 290 valence electrons. The lowest BCUT2D eigenvalue weighted by atomic mass is 10.00. The number of thiazole rings is 2. The van der Waals surface area contributed by atoms with Gasteiger partial charge in [-0.05, 0) is 87.8 Å². The van der Waals surface area contributed by atoms with Crippen molar-refractivity contribution in [1.82, 2.24) is 30.2 Å². The molecule has 3 N–H and O–H groups in total. The number of likely N-dealkylation sites (N-methyl/N-ethyl adjacent to an activating group) is 1. The highest BCUT2D eigenvalue weighted by atomic mass is 32.1. The average Bonchev–Trinajstić information content (AvgIpc) is 4.03. The molecule has 8 heterocycles. The van der Waals surface area contributed by atoms with Crippen LogP contribution >= 0.6 is 45.3 Å². The second-order valence-corrected chi connectivity index (χ2v) is 17.7. The third-order valence-electron chi connectivity index (χ3n) is 10.4. The van der Waals surface area contributed by atoms with Gasteiger partial charge in [0.25, 0.3) is 0 Å². The highest BCUT2D eigenvalue weighted by Gasteiger charge is 2.24. The number of benzene rings is 2. The molecule has 8 aromatic rings. The molecule has 6 aromatic heterocycles. The van der Waals surface area contributed by atoms with Gasteiger partial charge in [-0.25, -0.2) is 37.5 Å². The molecule has 0 fully saturated rings. The molecule has 0 saturated heterocycles. The molecule has 0 aliphatic carbocycles. The number of pyridine rings is 2. The molecule has 0 bridgehead atoms. The first kappa shape index (κ1) is 37.7. The largest absolute Gasteiger partial charge is 0.350 e. The number of hydrogen-bond donors (Lipinski definition) is 3. The lowest BCUT2D eigenvalue weighted by Gasteiger charge is -2.30. The van der Waals surface area contributed by atoms with E-state index in [0.717, 1.165) is 56.1 Å². The second-order valence-electron chi connectivity index (χ2n) is 13.8. The summed E-state index contributed by atoms with van der Waals surface area (Å²) in [7, 11) is 2.12. The number of nitrogens with zero attached hydrogens (tertiary/aromatic N) is 5. The molecule has 2 aromatic carbocycles. The number of fused-ring (bicyclic) bond motifs is 4. The SMILES string of the molecule is C[C@@H]1C(c2cc3c(Nc4c(F)cc5scnc5c4F)ccnc3s2)=CCCN1C.C[C@H]1NCCC=C1c1cc2c(Nc3c(F)cc4scnc4c3F)ccnc2s1. The number of halogens is 4. The Labute approximate surface area is 340 Å². The Bertz CT molecular complexity index is 2880. The van der Waals surface area contributed by atoms with Gasteiger partial charge in [-0.15, -0.1) is 45.3 Å². The zero-order chi connectivity index (χ0) is 39.4. The van der Waals surface area contributed by atoms with Gasteiger partial charge in [-0.2, -0.15) is 0 Å². The Morgan fingerprint density at radius 2 is 1.23 bits per heavy atom. The van der Waals surface area contributed by atoms with E-state index in [1.54, 1.807) is 47.2 Å². The van der Waals surface area contributed by atoms with Crippen LogP contribution in [0.3, 0.4) is 0 Å². The molecule has 2 atom stereocenters. The maximum Gasteiger partial charge on any atom is 0.176 e. The van der Waals surface area contributed by atoms with Crippen LogP contribution in [0.5, 0.6) is 0 Å².